The molecule has 0 aliphatic rings. The smallest absolute Gasteiger partial charge is 0.343 e. The van der Waals surface area contributed by atoms with E-state index >= 15 is 0 Å². The van der Waals surface area contributed by atoms with Crippen LogP contribution in [-0.4, -0.2) is 22.8 Å². The van der Waals surface area contributed by atoms with Crippen LogP contribution >= 0.6 is 0 Å². The number of H-pyrrole nitrogens is 1. The van der Waals surface area contributed by atoms with Crippen LogP contribution in [0, 0.1) is 5.82 Å². The number of hydrogen-bond donors (Lipinski definition) is 1. The quantitative estimate of drug-likeness (QED) is 0.855. The molecule has 0 saturated carbocycles. The van der Waals surface area contributed by atoms with Crippen LogP contribution in [0.5, 0.6) is 0 Å². The lowest BCUT2D eigenvalue weighted by Crippen LogP contribution is -2.21. The van der Waals surface area contributed by atoms with Gasteiger partial charge in [-0.3, -0.25) is 4.79 Å². The number of halogens is 1. The van der Waals surface area contributed by atoms with Crippen LogP contribution in [0.4, 0.5) is 4.39 Å². The predicted molar refractivity (Wildman–Crippen MR) is 66.2 cm³/mol. The molecule has 98 valence electrons. The van der Waals surface area contributed by atoms with Gasteiger partial charge in [-0.05, 0) is 25.1 Å². The second-order valence-electron chi connectivity index (χ2n) is 3.73. The first-order valence-corrected chi connectivity index (χ1v) is 5.64. The molecule has 19 heavy (non-hydrogen) atoms. The van der Waals surface area contributed by atoms with Crippen LogP contribution in [0.1, 0.15) is 17.3 Å². The average molecular weight is 262 g/mol. The molecule has 0 spiro atoms. The first-order valence-electron chi connectivity index (χ1n) is 5.64. The second kappa shape index (κ2) is 5.43. The number of aromatic nitrogens is 2. The largest absolute Gasteiger partial charge is 0.462 e. The molecule has 5 nitrogen and oxygen atoms in total. The predicted octanol–water partition coefficient (Wildman–Crippen LogP) is 1.75. The number of esters is 1. The molecule has 1 heterocycles. The lowest BCUT2D eigenvalue weighted by atomic mass is 10.1. The van der Waals surface area contributed by atoms with E-state index in [1.807, 2.05) is 0 Å². The molecule has 0 aliphatic heterocycles. The molecule has 1 N–H and O–H groups in total. The number of aromatic amines is 1. The van der Waals surface area contributed by atoms with Crippen LogP contribution in [-0.2, 0) is 4.74 Å². The molecule has 0 radical (unpaired) electrons. The van der Waals surface area contributed by atoms with E-state index in [2.05, 4.69) is 10.2 Å². The lowest BCUT2D eigenvalue weighted by Gasteiger charge is -2.03. The van der Waals surface area contributed by atoms with E-state index in [9.17, 15) is 14.0 Å². The minimum Gasteiger partial charge on any atom is -0.462 e. The van der Waals surface area contributed by atoms with E-state index in [4.69, 9.17) is 4.74 Å². The standard InChI is InChI=1S/C13H11FN2O3/c1-2-19-13(18)10-7-11(15-16-12(10)17)8-4-3-5-9(14)6-8/h3-7H,2H2,1H3,(H,16,17). The number of carbonyl (C=O) groups excluding carboxylic acids is 1. The van der Waals surface area contributed by atoms with Crippen molar-refractivity contribution in [3.8, 4) is 11.3 Å². The van der Waals surface area contributed by atoms with Gasteiger partial charge in [-0.1, -0.05) is 12.1 Å². The Hall–Kier alpha value is -2.50. The summed E-state index contributed by atoms with van der Waals surface area (Å²) >= 11 is 0. The Balaban J connectivity index is 2.47. The first-order chi connectivity index (χ1) is 9.11. The van der Waals surface area contributed by atoms with Crippen molar-refractivity contribution in [2.75, 3.05) is 6.61 Å². The third kappa shape index (κ3) is 2.85. The fourth-order valence-corrected chi connectivity index (χ4v) is 1.56. The summed E-state index contributed by atoms with van der Waals surface area (Å²) in [6.07, 6.45) is 0. The van der Waals surface area contributed by atoms with Crippen LogP contribution < -0.4 is 5.56 Å². The summed E-state index contributed by atoms with van der Waals surface area (Å²) in [6.45, 7) is 1.80. The third-order valence-electron chi connectivity index (χ3n) is 2.42. The number of rotatable bonds is 3. The minimum atomic E-state index is -0.733. The van der Waals surface area contributed by atoms with Crippen LogP contribution in [0.2, 0.25) is 0 Å². The number of carbonyl (C=O) groups is 1. The third-order valence-corrected chi connectivity index (χ3v) is 2.42. The number of benzene rings is 1. The van der Waals surface area contributed by atoms with E-state index in [-0.39, 0.29) is 12.2 Å². The maximum Gasteiger partial charge on any atom is 0.343 e. The molecular formula is C13H11FN2O3. The normalized spacial score (nSPS) is 10.2. The van der Waals surface area contributed by atoms with Crippen LogP contribution in [0.3, 0.4) is 0 Å². The van der Waals surface area contributed by atoms with Gasteiger partial charge in [0.05, 0.1) is 12.3 Å². The number of nitrogens with zero attached hydrogens (tertiary/aromatic N) is 1. The molecule has 1 aromatic carbocycles. The monoisotopic (exact) mass is 262 g/mol. The van der Waals surface area contributed by atoms with Crippen molar-refractivity contribution in [3.63, 3.8) is 0 Å². The Labute approximate surface area is 108 Å². The van der Waals surface area contributed by atoms with Crippen LogP contribution in [0.25, 0.3) is 11.3 Å². The molecule has 1 aromatic heterocycles. The number of ether oxygens (including phenoxy) is 1. The zero-order valence-corrected chi connectivity index (χ0v) is 10.1. The zero-order valence-electron chi connectivity index (χ0n) is 10.1. The molecule has 0 amide bonds. The highest BCUT2D eigenvalue weighted by Gasteiger charge is 2.14. The number of hydrogen-bond acceptors (Lipinski definition) is 4. The van der Waals surface area contributed by atoms with Crippen LogP contribution in [0.15, 0.2) is 35.1 Å². The van der Waals surface area contributed by atoms with Gasteiger partial charge in [0, 0.05) is 5.56 Å². The minimum absolute atomic E-state index is 0.156. The fraction of sp³-hybridized carbons (Fsp3) is 0.154. The average Bonchev–Trinajstić information content (AvgIpc) is 2.39. The van der Waals surface area contributed by atoms with Gasteiger partial charge in [0.25, 0.3) is 5.56 Å². The van der Waals surface area contributed by atoms with Gasteiger partial charge in [-0.2, -0.15) is 5.10 Å². The highest BCUT2D eigenvalue weighted by atomic mass is 19.1. The maximum atomic E-state index is 13.1. The van der Waals surface area contributed by atoms with Crippen molar-refractivity contribution in [3.05, 3.63) is 52.1 Å². The summed E-state index contributed by atoms with van der Waals surface area (Å²) < 4.78 is 17.9. The Kier molecular flexibility index (Phi) is 3.70. The van der Waals surface area contributed by atoms with Gasteiger partial charge < -0.3 is 4.74 Å². The Morgan fingerprint density at radius 3 is 2.89 bits per heavy atom. The molecule has 0 bridgehead atoms. The second-order valence-corrected chi connectivity index (χ2v) is 3.73. The summed E-state index contributed by atoms with van der Waals surface area (Å²) in [5, 5.41) is 5.98. The summed E-state index contributed by atoms with van der Waals surface area (Å²) in [5.74, 6) is -1.16. The van der Waals surface area contributed by atoms with Gasteiger partial charge in [0.2, 0.25) is 0 Å². The van der Waals surface area contributed by atoms with E-state index < -0.39 is 17.3 Å². The Morgan fingerprint density at radius 2 is 2.21 bits per heavy atom. The van der Waals surface area contributed by atoms with Crippen molar-refractivity contribution in [2.45, 2.75) is 6.92 Å². The SMILES string of the molecule is CCOC(=O)c1cc(-c2cccc(F)c2)n[nH]c1=O. The number of nitrogens with one attached hydrogen (secondary N) is 1. The first kappa shape index (κ1) is 12.9. The molecule has 0 aliphatic carbocycles. The Morgan fingerprint density at radius 1 is 1.42 bits per heavy atom. The molecular weight excluding hydrogens is 251 g/mol. The van der Waals surface area contributed by atoms with Gasteiger partial charge >= 0.3 is 5.97 Å². The molecule has 0 saturated heterocycles. The van der Waals surface area contributed by atoms with Gasteiger partial charge in [-0.15, -0.1) is 0 Å². The lowest BCUT2D eigenvalue weighted by molar-refractivity contribution is 0.0524. The van der Waals surface area contributed by atoms with E-state index in [1.165, 1.54) is 24.3 Å². The summed E-state index contributed by atoms with van der Waals surface area (Å²) in [5.41, 5.74) is -0.0429. The van der Waals surface area contributed by atoms with E-state index in [0.717, 1.165) is 0 Å². The maximum absolute atomic E-state index is 13.1. The molecule has 2 aromatic rings. The summed E-state index contributed by atoms with van der Waals surface area (Å²) in [4.78, 5) is 23.1. The summed E-state index contributed by atoms with van der Waals surface area (Å²) in [6, 6.07) is 6.97. The zero-order chi connectivity index (χ0) is 13.8. The van der Waals surface area contributed by atoms with Crippen molar-refractivity contribution < 1.29 is 13.9 Å². The molecule has 0 unspecified atom stereocenters. The molecule has 6 heteroatoms. The molecule has 0 fully saturated rings. The van der Waals surface area contributed by atoms with Gasteiger partial charge in [-0.25, -0.2) is 14.3 Å². The van der Waals surface area contributed by atoms with E-state index in [1.54, 1.807) is 13.0 Å². The van der Waals surface area contributed by atoms with Crippen molar-refractivity contribution in [1.29, 1.82) is 0 Å². The molecule has 2 rings (SSSR count). The summed E-state index contributed by atoms with van der Waals surface area (Å²) in [7, 11) is 0. The highest BCUT2D eigenvalue weighted by molar-refractivity contribution is 5.90. The van der Waals surface area contributed by atoms with Gasteiger partial charge in [0.15, 0.2) is 0 Å². The topological polar surface area (TPSA) is 72.0 Å². The van der Waals surface area contributed by atoms with E-state index in [0.29, 0.717) is 11.3 Å². The fourth-order valence-electron chi connectivity index (χ4n) is 1.56. The highest BCUT2D eigenvalue weighted by Crippen LogP contribution is 2.17. The van der Waals surface area contributed by atoms with Crippen molar-refractivity contribution in [2.24, 2.45) is 0 Å². The Bertz CT molecular complexity index is 667. The van der Waals surface area contributed by atoms with Crippen molar-refractivity contribution >= 4 is 5.97 Å². The van der Waals surface area contributed by atoms with Crippen molar-refractivity contribution in [1.82, 2.24) is 10.2 Å². The van der Waals surface area contributed by atoms with Gasteiger partial charge in [0.1, 0.15) is 11.4 Å². The molecule has 0 atom stereocenters.